The van der Waals surface area contributed by atoms with Gasteiger partial charge in [-0.1, -0.05) is 78.9 Å². The van der Waals surface area contributed by atoms with Crippen LogP contribution in [0.1, 0.15) is 26.4 Å². The van der Waals surface area contributed by atoms with E-state index < -0.39 is 0 Å². The first kappa shape index (κ1) is 25.4. The number of amides is 2. The Labute approximate surface area is 252 Å². The lowest BCUT2D eigenvalue weighted by Crippen LogP contribution is -2.29. The van der Waals surface area contributed by atoms with Crippen LogP contribution in [0, 0.1) is 11.3 Å². The highest BCUT2D eigenvalue weighted by Gasteiger charge is 2.39. The number of carbonyl (C=O) groups excluding carboxylic acids is 2. The maximum Gasteiger partial charge on any atom is 0.268 e. The number of rotatable bonds is 4. The van der Waals surface area contributed by atoms with Gasteiger partial charge in [-0.05, 0) is 65.7 Å². The minimum atomic E-state index is -0.354. The predicted octanol–water partition coefficient (Wildman–Crippen LogP) is 8.18. The number of aromatic nitrogens is 2. The molecular formula is C38H22N4O2. The summed E-state index contributed by atoms with van der Waals surface area (Å²) < 4.78 is 2.06. The van der Waals surface area contributed by atoms with Crippen LogP contribution in [0.4, 0.5) is 5.69 Å². The van der Waals surface area contributed by atoms with Crippen LogP contribution in [0.2, 0.25) is 0 Å². The van der Waals surface area contributed by atoms with E-state index in [0.29, 0.717) is 33.9 Å². The zero-order chi connectivity index (χ0) is 29.8. The average Bonchev–Trinajstić information content (AvgIpc) is 3.55. The Morgan fingerprint density at radius 1 is 0.591 bits per heavy atom. The molecule has 0 N–H and O–H groups in total. The molecule has 0 radical (unpaired) electrons. The molecule has 2 amide bonds. The number of hydrogen-bond donors (Lipinski definition) is 0. The van der Waals surface area contributed by atoms with Gasteiger partial charge in [-0.15, -0.1) is 0 Å². The number of imide groups is 1. The van der Waals surface area contributed by atoms with Crippen molar-refractivity contribution in [3.63, 3.8) is 0 Å². The number of fused-ring (bicyclic) bond motifs is 4. The van der Waals surface area contributed by atoms with Crippen LogP contribution < -0.4 is 4.90 Å². The molecule has 6 nitrogen and oxygen atoms in total. The Kier molecular flexibility index (Phi) is 5.71. The lowest BCUT2D eigenvalue weighted by atomic mass is 10.1. The molecule has 5 aromatic carbocycles. The molecule has 0 fully saturated rings. The molecule has 44 heavy (non-hydrogen) atoms. The molecule has 0 unspecified atom stereocenters. The molecule has 0 atom stereocenters. The van der Waals surface area contributed by atoms with E-state index >= 15 is 0 Å². The number of hydrogen-bond acceptors (Lipinski definition) is 4. The highest BCUT2D eigenvalue weighted by molar-refractivity contribution is 6.35. The van der Waals surface area contributed by atoms with Gasteiger partial charge in [0, 0.05) is 16.3 Å². The molecule has 8 rings (SSSR count). The van der Waals surface area contributed by atoms with E-state index in [1.54, 1.807) is 12.1 Å². The van der Waals surface area contributed by atoms with Gasteiger partial charge in [-0.2, -0.15) is 5.26 Å². The summed E-state index contributed by atoms with van der Waals surface area (Å²) in [5.41, 5.74) is 7.74. The van der Waals surface area contributed by atoms with Crippen molar-refractivity contribution in [1.82, 2.24) is 9.55 Å². The monoisotopic (exact) mass is 566 g/mol. The lowest BCUT2D eigenvalue weighted by Gasteiger charge is -2.15. The first-order chi connectivity index (χ1) is 21.6. The van der Waals surface area contributed by atoms with Crippen LogP contribution in [0.5, 0.6) is 0 Å². The van der Waals surface area contributed by atoms with Crippen molar-refractivity contribution < 1.29 is 9.59 Å². The molecule has 206 valence electrons. The Hall–Kier alpha value is -6.32. The number of nitriles is 1. The van der Waals surface area contributed by atoms with Crippen LogP contribution in [0.15, 0.2) is 133 Å². The summed E-state index contributed by atoms with van der Waals surface area (Å²) in [7, 11) is 0. The minimum absolute atomic E-state index is 0.342. The van der Waals surface area contributed by atoms with Gasteiger partial charge in [-0.25, -0.2) is 9.88 Å². The first-order valence-electron chi connectivity index (χ1n) is 14.2. The fourth-order valence-electron chi connectivity index (χ4n) is 6.17. The molecule has 0 aliphatic carbocycles. The topological polar surface area (TPSA) is 79.0 Å². The van der Waals surface area contributed by atoms with Crippen molar-refractivity contribution in [3.8, 4) is 34.1 Å². The van der Waals surface area contributed by atoms with Crippen molar-refractivity contribution in [2.24, 2.45) is 0 Å². The predicted molar refractivity (Wildman–Crippen MR) is 172 cm³/mol. The fraction of sp³-hybridized carbons (Fsp3) is 0. The number of pyridine rings is 1. The Morgan fingerprint density at radius 2 is 1.30 bits per heavy atom. The van der Waals surface area contributed by atoms with E-state index in [4.69, 9.17) is 0 Å². The van der Waals surface area contributed by atoms with E-state index in [9.17, 15) is 14.9 Å². The molecule has 6 heteroatoms. The molecular weight excluding hydrogens is 544 g/mol. The second-order valence-corrected chi connectivity index (χ2v) is 10.7. The van der Waals surface area contributed by atoms with E-state index in [2.05, 4.69) is 21.7 Å². The highest BCUT2D eigenvalue weighted by Crippen LogP contribution is 2.39. The Bertz CT molecular complexity index is 2330. The van der Waals surface area contributed by atoms with Crippen molar-refractivity contribution in [3.05, 3.63) is 150 Å². The maximum atomic E-state index is 14.1. The van der Waals surface area contributed by atoms with Gasteiger partial charge in [-0.3, -0.25) is 9.59 Å². The normalized spacial score (nSPS) is 12.6. The number of benzene rings is 5. The van der Waals surface area contributed by atoms with Gasteiger partial charge >= 0.3 is 0 Å². The van der Waals surface area contributed by atoms with E-state index in [1.807, 2.05) is 115 Å². The van der Waals surface area contributed by atoms with Crippen LogP contribution in [0.25, 0.3) is 49.9 Å². The van der Waals surface area contributed by atoms with E-state index in [-0.39, 0.29) is 11.8 Å². The average molecular weight is 567 g/mol. The zero-order valence-electron chi connectivity index (χ0n) is 23.3. The standard InChI is InChI=1S/C38H22N4O2/c39-23-27-10-6-13-32(40-27)26-18-21-34-31(22-26)29-11-4-5-14-33(29)42(34)35-15-7-12-30-36(35)38(44)41(37(30)43)28-19-16-25(17-20-28)24-8-2-1-3-9-24/h1-22H. The second-order valence-electron chi connectivity index (χ2n) is 10.7. The minimum Gasteiger partial charge on any atom is -0.308 e. The summed E-state index contributed by atoms with van der Waals surface area (Å²) >= 11 is 0. The largest absolute Gasteiger partial charge is 0.308 e. The maximum absolute atomic E-state index is 14.1. The van der Waals surface area contributed by atoms with Gasteiger partial charge < -0.3 is 4.57 Å². The molecule has 0 saturated heterocycles. The number of para-hydroxylation sites is 1. The summed E-state index contributed by atoms with van der Waals surface area (Å²) in [6.45, 7) is 0. The Balaban J connectivity index is 1.26. The Morgan fingerprint density at radius 3 is 2.11 bits per heavy atom. The molecule has 7 aromatic rings. The summed E-state index contributed by atoms with van der Waals surface area (Å²) in [5.74, 6) is -0.695. The molecule has 0 saturated carbocycles. The summed E-state index contributed by atoms with van der Waals surface area (Å²) in [4.78, 5) is 33.6. The molecule has 1 aliphatic heterocycles. The molecule has 0 spiro atoms. The summed E-state index contributed by atoms with van der Waals surface area (Å²) in [6.07, 6.45) is 0. The van der Waals surface area contributed by atoms with Crippen LogP contribution >= 0.6 is 0 Å². The third-order valence-electron chi connectivity index (χ3n) is 8.20. The molecule has 0 bridgehead atoms. The third kappa shape index (κ3) is 3.84. The van der Waals surface area contributed by atoms with Crippen LogP contribution in [-0.2, 0) is 0 Å². The molecule has 1 aliphatic rings. The number of carbonyl (C=O) groups is 2. The SMILES string of the molecule is N#Cc1cccc(-c2ccc3c(c2)c2ccccc2n3-c2cccc3c2C(=O)N(c2ccc(-c4ccccc4)cc2)C3=O)n1. The van der Waals surface area contributed by atoms with E-state index in [1.165, 1.54) is 4.90 Å². The van der Waals surface area contributed by atoms with Crippen molar-refractivity contribution in [2.75, 3.05) is 4.90 Å². The van der Waals surface area contributed by atoms with Gasteiger partial charge in [0.05, 0.1) is 39.2 Å². The van der Waals surface area contributed by atoms with Crippen molar-refractivity contribution >= 4 is 39.3 Å². The summed E-state index contributed by atoms with van der Waals surface area (Å²) in [5, 5.41) is 11.3. The molecule has 2 aromatic heterocycles. The highest BCUT2D eigenvalue weighted by atomic mass is 16.2. The fourth-order valence-corrected chi connectivity index (χ4v) is 6.17. The smallest absolute Gasteiger partial charge is 0.268 e. The second kappa shape index (κ2) is 9.90. The third-order valence-corrected chi connectivity index (χ3v) is 8.20. The number of anilines is 1. The van der Waals surface area contributed by atoms with Crippen molar-refractivity contribution in [2.45, 2.75) is 0 Å². The quantitative estimate of drug-likeness (QED) is 0.201. The van der Waals surface area contributed by atoms with Gasteiger partial charge in [0.25, 0.3) is 11.8 Å². The van der Waals surface area contributed by atoms with Gasteiger partial charge in [0.15, 0.2) is 0 Å². The van der Waals surface area contributed by atoms with Gasteiger partial charge in [0.1, 0.15) is 11.8 Å². The van der Waals surface area contributed by atoms with Gasteiger partial charge in [0.2, 0.25) is 0 Å². The first-order valence-corrected chi connectivity index (χ1v) is 14.2. The zero-order valence-corrected chi connectivity index (χ0v) is 23.3. The van der Waals surface area contributed by atoms with E-state index in [0.717, 1.165) is 38.5 Å². The molecule has 3 heterocycles. The summed E-state index contributed by atoms with van der Waals surface area (Å²) in [6, 6.07) is 44.5. The number of nitrogens with zero attached hydrogens (tertiary/aromatic N) is 4. The van der Waals surface area contributed by atoms with Crippen LogP contribution in [-0.4, -0.2) is 21.4 Å². The van der Waals surface area contributed by atoms with Crippen molar-refractivity contribution in [1.29, 1.82) is 5.26 Å². The lowest BCUT2D eigenvalue weighted by molar-refractivity contribution is 0.0926. The van der Waals surface area contributed by atoms with Crippen LogP contribution in [0.3, 0.4) is 0 Å².